The summed E-state index contributed by atoms with van der Waals surface area (Å²) in [4.78, 5) is 0. The average molecular weight is 219 g/mol. The molecule has 1 fully saturated rings. The van der Waals surface area contributed by atoms with E-state index in [0.717, 1.165) is 25.0 Å². The molecule has 0 amide bonds. The highest BCUT2D eigenvalue weighted by Gasteiger charge is 2.26. The van der Waals surface area contributed by atoms with Crippen LogP contribution in [0.4, 0.5) is 0 Å². The Kier molecular flexibility index (Phi) is 5.88. The highest BCUT2D eigenvalue weighted by atomic mass is 35.5. The molecule has 0 radical (unpaired) electrons. The highest BCUT2D eigenvalue weighted by molar-refractivity contribution is 6.20. The molecule has 0 heterocycles. The van der Waals surface area contributed by atoms with E-state index < -0.39 is 0 Å². The average Bonchev–Trinajstić information content (AvgIpc) is 2.18. The predicted molar refractivity (Wildman–Crippen MR) is 61.9 cm³/mol. The van der Waals surface area contributed by atoms with E-state index in [2.05, 4.69) is 6.92 Å². The molecule has 14 heavy (non-hydrogen) atoms. The monoisotopic (exact) mass is 218 g/mol. The van der Waals surface area contributed by atoms with Gasteiger partial charge in [-0.2, -0.15) is 0 Å². The minimum atomic E-state index is 0.424. The molecule has 0 aliphatic heterocycles. The Labute approximate surface area is 93.2 Å². The smallest absolute Gasteiger partial charge is 0.0466 e. The zero-order valence-electron chi connectivity index (χ0n) is 9.47. The number of halogens is 1. The van der Waals surface area contributed by atoms with E-state index in [4.69, 9.17) is 16.3 Å². The summed E-state index contributed by atoms with van der Waals surface area (Å²) in [5, 5.41) is 0.424. The molecule has 3 unspecified atom stereocenters. The minimum absolute atomic E-state index is 0.424. The number of hydrogen-bond acceptors (Lipinski definition) is 1. The number of ether oxygens (including phenoxy) is 1. The summed E-state index contributed by atoms with van der Waals surface area (Å²) in [6, 6.07) is 0. The topological polar surface area (TPSA) is 9.23 Å². The molecule has 0 aromatic carbocycles. The van der Waals surface area contributed by atoms with Gasteiger partial charge in [0, 0.05) is 18.6 Å². The molecule has 0 aromatic rings. The Bertz CT molecular complexity index is 149. The Hall–Kier alpha value is 0.250. The fourth-order valence-corrected chi connectivity index (χ4v) is 2.71. The SMILES string of the molecule is CCOCCCC1CC(C)CCC1Cl. The normalized spacial score (nSPS) is 33.2. The number of rotatable bonds is 5. The van der Waals surface area contributed by atoms with Crippen molar-refractivity contribution in [2.45, 2.75) is 51.3 Å². The molecule has 0 N–H and O–H groups in total. The van der Waals surface area contributed by atoms with E-state index in [-0.39, 0.29) is 0 Å². The molecular formula is C12H23ClO. The van der Waals surface area contributed by atoms with Crippen molar-refractivity contribution in [2.75, 3.05) is 13.2 Å². The van der Waals surface area contributed by atoms with E-state index in [9.17, 15) is 0 Å². The summed E-state index contributed by atoms with van der Waals surface area (Å²) >= 11 is 6.32. The lowest BCUT2D eigenvalue weighted by atomic mass is 9.80. The van der Waals surface area contributed by atoms with Gasteiger partial charge in [-0.1, -0.05) is 6.92 Å². The first-order valence-corrected chi connectivity index (χ1v) is 6.39. The second kappa shape index (κ2) is 6.68. The molecule has 0 spiro atoms. The Balaban J connectivity index is 2.14. The predicted octanol–water partition coefficient (Wildman–Crippen LogP) is 3.85. The van der Waals surface area contributed by atoms with Crippen molar-refractivity contribution < 1.29 is 4.74 Å². The van der Waals surface area contributed by atoms with Gasteiger partial charge in [0.1, 0.15) is 0 Å². The van der Waals surface area contributed by atoms with Crippen LogP contribution in [0.1, 0.15) is 46.0 Å². The molecule has 2 heteroatoms. The van der Waals surface area contributed by atoms with Gasteiger partial charge in [0.15, 0.2) is 0 Å². The Morgan fingerprint density at radius 3 is 2.86 bits per heavy atom. The summed E-state index contributed by atoms with van der Waals surface area (Å²) in [5.41, 5.74) is 0. The summed E-state index contributed by atoms with van der Waals surface area (Å²) in [6.07, 6.45) is 6.27. The van der Waals surface area contributed by atoms with Crippen LogP contribution in [-0.2, 0) is 4.74 Å². The second-order valence-electron chi connectivity index (χ2n) is 4.53. The quantitative estimate of drug-likeness (QED) is 0.503. The van der Waals surface area contributed by atoms with Crippen LogP contribution in [0.25, 0.3) is 0 Å². The maximum Gasteiger partial charge on any atom is 0.0466 e. The summed E-state index contributed by atoms with van der Waals surface area (Å²) in [6.45, 7) is 6.14. The molecule has 0 bridgehead atoms. The summed E-state index contributed by atoms with van der Waals surface area (Å²) < 4.78 is 5.34. The van der Waals surface area contributed by atoms with Crippen molar-refractivity contribution >= 4 is 11.6 Å². The van der Waals surface area contributed by atoms with Crippen molar-refractivity contribution in [3.63, 3.8) is 0 Å². The number of alkyl halides is 1. The van der Waals surface area contributed by atoms with Crippen LogP contribution in [0, 0.1) is 11.8 Å². The highest BCUT2D eigenvalue weighted by Crippen LogP contribution is 2.34. The van der Waals surface area contributed by atoms with Gasteiger partial charge in [-0.25, -0.2) is 0 Å². The summed E-state index contributed by atoms with van der Waals surface area (Å²) in [7, 11) is 0. The van der Waals surface area contributed by atoms with E-state index in [1.54, 1.807) is 0 Å². The standard InChI is InChI=1S/C12H23ClO/c1-3-14-8-4-5-11-9-10(2)6-7-12(11)13/h10-12H,3-9H2,1-2H3. The third-order valence-electron chi connectivity index (χ3n) is 3.22. The molecule has 1 nitrogen and oxygen atoms in total. The van der Waals surface area contributed by atoms with Gasteiger partial charge in [-0.05, 0) is 50.9 Å². The van der Waals surface area contributed by atoms with Crippen LogP contribution in [0.2, 0.25) is 0 Å². The van der Waals surface area contributed by atoms with Gasteiger partial charge >= 0.3 is 0 Å². The Morgan fingerprint density at radius 2 is 2.14 bits per heavy atom. The van der Waals surface area contributed by atoms with Crippen LogP contribution >= 0.6 is 11.6 Å². The lowest BCUT2D eigenvalue weighted by Gasteiger charge is -2.31. The van der Waals surface area contributed by atoms with E-state index in [1.807, 2.05) is 6.92 Å². The fourth-order valence-electron chi connectivity index (χ4n) is 2.35. The van der Waals surface area contributed by atoms with Crippen molar-refractivity contribution in [1.29, 1.82) is 0 Å². The Morgan fingerprint density at radius 1 is 1.36 bits per heavy atom. The lowest BCUT2D eigenvalue weighted by Crippen LogP contribution is -2.24. The molecule has 0 aromatic heterocycles. The van der Waals surface area contributed by atoms with Gasteiger partial charge in [-0.3, -0.25) is 0 Å². The van der Waals surface area contributed by atoms with Gasteiger partial charge in [-0.15, -0.1) is 11.6 Å². The molecule has 0 saturated heterocycles. The fraction of sp³-hybridized carbons (Fsp3) is 1.00. The van der Waals surface area contributed by atoms with Crippen LogP contribution in [0.15, 0.2) is 0 Å². The van der Waals surface area contributed by atoms with Crippen molar-refractivity contribution in [1.82, 2.24) is 0 Å². The van der Waals surface area contributed by atoms with Crippen molar-refractivity contribution in [3.8, 4) is 0 Å². The van der Waals surface area contributed by atoms with E-state index >= 15 is 0 Å². The maximum absolute atomic E-state index is 6.32. The third kappa shape index (κ3) is 4.18. The molecule has 3 atom stereocenters. The molecule has 1 aliphatic carbocycles. The second-order valence-corrected chi connectivity index (χ2v) is 5.09. The minimum Gasteiger partial charge on any atom is -0.382 e. The first-order chi connectivity index (χ1) is 6.74. The van der Waals surface area contributed by atoms with Gasteiger partial charge in [0.05, 0.1) is 0 Å². The van der Waals surface area contributed by atoms with Crippen molar-refractivity contribution in [3.05, 3.63) is 0 Å². The maximum atomic E-state index is 6.32. The zero-order chi connectivity index (χ0) is 10.4. The third-order valence-corrected chi connectivity index (χ3v) is 3.79. The lowest BCUT2D eigenvalue weighted by molar-refractivity contribution is 0.135. The van der Waals surface area contributed by atoms with Crippen LogP contribution in [0.5, 0.6) is 0 Å². The molecule has 1 saturated carbocycles. The number of hydrogen-bond donors (Lipinski definition) is 0. The van der Waals surface area contributed by atoms with E-state index in [1.165, 1.54) is 32.1 Å². The van der Waals surface area contributed by atoms with Crippen LogP contribution in [-0.4, -0.2) is 18.6 Å². The van der Waals surface area contributed by atoms with Gasteiger partial charge < -0.3 is 4.74 Å². The first kappa shape index (κ1) is 12.3. The zero-order valence-corrected chi connectivity index (χ0v) is 10.2. The molecular weight excluding hydrogens is 196 g/mol. The first-order valence-electron chi connectivity index (χ1n) is 5.95. The van der Waals surface area contributed by atoms with Gasteiger partial charge in [0.2, 0.25) is 0 Å². The summed E-state index contributed by atoms with van der Waals surface area (Å²) in [5.74, 6) is 1.61. The largest absolute Gasteiger partial charge is 0.382 e. The van der Waals surface area contributed by atoms with Crippen molar-refractivity contribution in [2.24, 2.45) is 11.8 Å². The molecule has 1 rings (SSSR count). The molecule has 84 valence electrons. The van der Waals surface area contributed by atoms with E-state index in [0.29, 0.717) is 5.38 Å². The van der Waals surface area contributed by atoms with Crippen LogP contribution in [0.3, 0.4) is 0 Å². The van der Waals surface area contributed by atoms with Crippen LogP contribution < -0.4 is 0 Å². The molecule has 1 aliphatic rings. The van der Waals surface area contributed by atoms with Gasteiger partial charge in [0.25, 0.3) is 0 Å².